The summed E-state index contributed by atoms with van der Waals surface area (Å²) in [4.78, 5) is 34.1. The lowest BCUT2D eigenvalue weighted by molar-refractivity contribution is -0.384. The fraction of sp³-hybridized carbons (Fsp3) is 0.222. The summed E-state index contributed by atoms with van der Waals surface area (Å²) in [6.07, 6.45) is 0. The van der Waals surface area contributed by atoms with Crippen LogP contribution in [0.4, 0.5) is 11.4 Å². The van der Waals surface area contributed by atoms with Crippen molar-refractivity contribution in [1.29, 1.82) is 0 Å². The van der Waals surface area contributed by atoms with Crippen molar-refractivity contribution >= 4 is 23.3 Å². The first kappa shape index (κ1) is 19.7. The fourth-order valence-corrected chi connectivity index (χ4v) is 2.18. The number of nitrogens with one attached hydrogen (secondary N) is 1. The minimum absolute atomic E-state index is 0.161. The van der Waals surface area contributed by atoms with E-state index in [0.29, 0.717) is 18.1 Å². The highest BCUT2D eigenvalue weighted by Gasteiger charge is 2.14. The molecule has 27 heavy (non-hydrogen) atoms. The van der Waals surface area contributed by atoms with Crippen molar-refractivity contribution in [3.05, 3.63) is 58.1 Å². The van der Waals surface area contributed by atoms with Crippen molar-refractivity contribution in [1.82, 2.24) is 0 Å². The van der Waals surface area contributed by atoms with E-state index in [1.807, 2.05) is 6.92 Å². The molecule has 0 saturated carbocycles. The van der Waals surface area contributed by atoms with Crippen LogP contribution in [0.2, 0.25) is 0 Å². The molecular formula is C18H18N2O7. The van der Waals surface area contributed by atoms with Gasteiger partial charge in [0.1, 0.15) is 0 Å². The largest absolute Gasteiger partial charge is 0.493 e. The van der Waals surface area contributed by atoms with E-state index in [2.05, 4.69) is 5.32 Å². The van der Waals surface area contributed by atoms with Crippen LogP contribution in [0.15, 0.2) is 42.5 Å². The van der Waals surface area contributed by atoms with Gasteiger partial charge >= 0.3 is 5.97 Å². The zero-order chi connectivity index (χ0) is 19.8. The van der Waals surface area contributed by atoms with Gasteiger partial charge in [0.25, 0.3) is 11.6 Å². The molecule has 2 aromatic carbocycles. The zero-order valence-electron chi connectivity index (χ0n) is 14.8. The van der Waals surface area contributed by atoms with Gasteiger partial charge in [0, 0.05) is 17.8 Å². The average Bonchev–Trinajstić information content (AvgIpc) is 2.66. The third-order valence-electron chi connectivity index (χ3n) is 3.37. The normalized spacial score (nSPS) is 10.0. The van der Waals surface area contributed by atoms with Crippen LogP contribution >= 0.6 is 0 Å². The van der Waals surface area contributed by atoms with Gasteiger partial charge in [-0.2, -0.15) is 0 Å². The Morgan fingerprint density at radius 3 is 2.59 bits per heavy atom. The van der Waals surface area contributed by atoms with E-state index in [4.69, 9.17) is 14.2 Å². The van der Waals surface area contributed by atoms with Gasteiger partial charge in [-0.15, -0.1) is 0 Å². The molecule has 0 aliphatic heterocycles. The quantitative estimate of drug-likeness (QED) is 0.429. The van der Waals surface area contributed by atoms with Crippen LogP contribution in [0.25, 0.3) is 0 Å². The molecule has 0 atom stereocenters. The lowest BCUT2D eigenvalue weighted by Crippen LogP contribution is -2.21. The van der Waals surface area contributed by atoms with Gasteiger partial charge in [-0.3, -0.25) is 14.9 Å². The molecule has 0 saturated heterocycles. The SMILES string of the molecule is CCOc1ccc(C(=O)OCC(=O)Nc2cccc([N+](=O)[O-])c2)cc1OC. The molecule has 9 nitrogen and oxygen atoms in total. The number of nitrogens with zero attached hydrogens (tertiary/aromatic N) is 1. The summed E-state index contributed by atoms with van der Waals surface area (Å²) >= 11 is 0. The summed E-state index contributed by atoms with van der Waals surface area (Å²) in [5.41, 5.74) is 0.262. The number of ether oxygens (including phenoxy) is 3. The van der Waals surface area contributed by atoms with E-state index in [9.17, 15) is 19.7 Å². The molecule has 0 aliphatic rings. The molecule has 2 rings (SSSR count). The maximum absolute atomic E-state index is 12.1. The van der Waals surface area contributed by atoms with Crippen LogP contribution in [0.5, 0.6) is 11.5 Å². The number of hydrogen-bond acceptors (Lipinski definition) is 7. The predicted molar refractivity (Wildman–Crippen MR) is 96.2 cm³/mol. The Bertz CT molecular complexity index is 851. The number of methoxy groups -OCH3 is 1. The summed E-state index contributed by atoms with van der Waals surface area (Å²) in [6.45, 7) is 1.72. The molecule has 0 radical (unpaired) electrons. The van der Waals surface area contributed by atoms with Gasteiger partial charge in [-0.25, -0.2) is 4.79 Å². The highest BCUT2D eigenvalue weighted by Crippen LogP contribution is 2.28. The maximum atomic E-state index is 12.1. The second-order valence-corrected chi connectivity index (χ2v) is 5.23. The lowest BCUT2D eigenvalue weighted by Gasteiger charge is -2.11. The van der Waals surface area contributed by atoms with Crippen molar-refractivity contribution < 1.29 is 28.7 Å². The minimum atomic E-state index is -0.717. The Morgan fingerprint density at radius 1 is 1.15 bits per heavy atom. The zero-order valence-corrected chi connectivity index (χ0v) is 14.8. The molecule has 0 aliphatic carbocycles. The number of rotatable bonds is 8. The number of amides is 1. The number of carbonyl (C=O) groups is 2. The van der Waals surface area contributed by atoms with E-state index in [1.54, 1.807) is 6.07 Å². The van der Waals surface area contributed by atoms with Gasteiger partial charge < -0.3 is 19.5 Å². The van der Waals surface area contributed by atoms with E-state index >= 15 is 0 Å². The smallest absolute Gasteiger partial charge is 0.338 e. The molecule has 1 N–H and O–H groups in total. The number of esters is 1. The first-order valence-corrected chi connectivity index (χ1v) is 7.97. The number of benzene rings is 2. The van der Waals surface area contributed by atoms with Gasteiger partial charge in [0.2, 0.25) is 0 Å². The van der Waals surface area contributed by atoms with E-state index in [-0.39, 0.29) is 16.9 Å². The number of carbonyl (C=O) groups excluding carboxylic acids is 2. The van der Waals surface area contributed by atoms with Crippen molar-refractivity contribution in [3.8, 4) is 11.5 Å². The first-order chi connectivity index (χ1) is 12.9. The summed E-state index contributed by atoms with van der Waals surface area (Å²) in [5, 5.41) is 13.2. The van der Waals surface area contributed by atoms with Gasteiger partial charge in [-0.05, 0) is 31.2 Å². The Hall–Kier alpha value is -3.62. The van der Waals surface area contributed by atoms with E-state index in [0.717, 1.165) is 0 Å². The highest BCUT2D eigenvalue weighted by atomic mass is 16.6. The fourth-order valence-electron chi connectivity index (χ4n) is 2.18. The number of nitro groups is 1. The standard InChI is InChI=1S/C18H18N2O7/c1-3-26-15-8-7-12(9-16(15)25-2)18(22)27-11-17(21)19-13-5-4-6-14(10-13)20(23)24/h4-10H,3,11H2,1-2H3,(H,19,21). The summed E-state index contributed by atoms with van der Waals surface area (Å²) in [6, 6.07) is 9.95. The Morgan fingerprint density at radius 2 is 1.93 bits per heavy atom. The van der Waals surface area contributed by atoms with E-state index < -0.39 is 23.4 Å². The summed E-state index contributed by atoms with van der Waals surface area (Å²) < 4.78 is 15.5. The van der Waals surface area contributed by atoms with E-state index in [1.165, 1.54) is 43.5 Å². The Kier molecular flexibility index (Phi) is 6.70. The summed E-state index contributed by atoms with van der Waals surface area (Å²) in [5.74, 6) is -0.486. The molecule has 0 unspecified atom stereocenters. The molecular weight excluding hydrogens is 356 g/mol. The second-order valence-electron chi connectivity index (χ2n) is 5.23. The third kappa shape index (κ3) is 5.43. The molecule has 9 heteroatoms. The van der Waals surface area contributed by atoms with Gasteiger partial charge in [-0.1, -0.05) is 6.07 Å². The maximum Gasteiger partial charge on any atom is 0.338 e. The third-order valence-corrected chi connectivity index (χ3v) is 3.37. The van der Waals surface area contributed by atoms with Crippen LogP contribution < -0.4 is 14.8 Å². The molecule has 0 aromatic heterocycles. The minimum Gasteiger partial charge on any atom is -0.493 e. The van der Waals surface area contributed by atoms with Crippen LogP contribution in [-0.2, 0) is 9.53 Å². The van der Waals surface area contributed by atoms with Crippen LogP contribution in [0.1, 0.15) is 17.3 Å². The van der Waals surface area contributed by atoms with Crippen LogP contribution in [0.3, 0.4) is 0 Å². The second kappa shape index (κ2) is 9.18. The van der Waals surface area contributed by atoms with Crippen molar-refractivity contribution in [2.75, 3.05) is 25.6 Å². The lowest BCUT2D eigenvalue weighted by atomic mass is 10.2. The van der Waals surface area contributed by atoms with Crippen molar-refractivity contribution in [2.24, 2.45) is 0 Å². The monoisotopic (exact) mass is 374 g/mol. The van der Waals surface area contributed by atoms with Crippen LogP contribution in [0, 0.1) is 10.1 Å². The first-order valence-electron chi connectivity index (χ1n) is 7.97. The van der Waals surface area contributed by atoms with Crippen LogP contribution in [-0.4, -0.2) is 37.1 Å². The molecule has 0 fully saturated rings. The summed E-state index contributed by atoms with van der Waals surface area (Å²) in [7, 11) is 1.44. The number of non-ortho nitro benzene ring substituents is 1. The number of hydrogen-bond donors (Lipinski definition) is 1. The predicted octanol–water partition coefficient (Wildman–Crippen LogP) is 2.80. The van der Waals surface area contributed by atoms with Crippen molar-refractivity contribution in [3.63, 3.8) is 0 Å². The van der Waals surface area contributed by atoms with Crippen molar-refractivity contribution in [2.45, 2.75) is 6.92 Å². The molecule has 0 heterocycles. The average molecular weight is 374 g/mol. The molecule has 142 valence electrons. The highest BCUT2D eigenvalue weighted by molar-refractivity contribution is 5.95. The Balaban J connectivity index is 1.96. The molecule has 2 aromatic rings. The Labute approximate surface area is 155 Å². The topological polar surface area (TPSA) is 117 Å². The number of nitro benzene ring substituents is 1. The number of anilines is 1. The molecule has 0 spiro atoms. The molecule has 0 bridgehead atoms. The molecule has 1 amide bonds. The van der Waals surface area contributed by atoms with Gasteiger partial charge in [0.15, 0.2) is 18.1 Å². The van der Waals surface area contributed by atoms with Gasteiger partial charge in [0.05, 0.1) is 24.2 Å².